The Balaban J connectivity index is 0.00000205. The van der Waals surface area contributed by atoms with Gasteiger partial charge < -0.3 is 9.47 Å². The molecule has 6 nitrogen and oxygen atoms in total. The van der Waals surface area contributed by atoms with Crippen molar-refractivity contribution in [2.24, 2.45) is 0 Å². The zero-order chi connectivity index (χ0) is 19.1. The summed E-state index contributed by atoms with van der Waals surface area (Å²) in [5, 5.41) is 0. The van der Waals surface area contributed by atoms with Gasteiger partial charge in [-0.2, -0.15) is 0 Å². The van der Waals surface area contributed by atoms with Gasteiger partial charge in [0.1, 0.15) is 12.7 Å². The highest BCUT2D eigenvalue weighted by molar-refractivity contribution is 6.19. The zero-order valence-corrected chi connectivity index (χ0v) is 17.3. The minimum absolute atomic E-state index is 0. The Kier molecular flexibility index (Phi) is 5.83. The van der Waals surface area contributed by atoms with Crippen molar-refractivity contribution in [3.05, 3.63) is 35.4 Å². The maximum atomic E-state index is 12.9. The number of para-hydroxylation sites is 2. The van der Waals surface area contributed by atoms with E-state index in [0.717, 1.165) is 80.8 Å². The van der Waals surface area contributed by atoms with Gasteiger partial charge in [-0.1, -0.05) is 12.1 Å². The van der Waals surface area contributed by atoms with E-state index in [-0.39, 0.29) is 36.4 Å². The van der Waals surface area contributed by atoms with E-state index in [1.165, 1.54) is 0 Å². The van der Waals surface area contributed by atoms with E-state index >= 15 is 0 Å². The normalized spacial score (nSPS) is 27.0. The molecule has 3 aliphatic heterocycles. The van der Waals surface area contributed by atoms with Gasteiger partial charge in [-0.3, -0.25) is 19.4 Å². The van der Waals surface area contributed by atoms with Crippen LogP contribution in [0.4, 0.5) is 0 Å². The molecule has 7 heteroatoms. The molecule has 1 aromatic rings. The smallest absolute Gasteiger partial charge is 0.257 e. The van der Waals surface area contributed by atoms with Gasteiger partial charge >= 0.3 is 0 Å². The van der Waals surface area contributed by atoms with Gasteiger partial charge in [0.15, 0.2) is 11.5 Å². The highest BCUT2D eigenvalue weighted by Crippen LogP contribution is 2.36. The Labute approximate surface area is 177 Å². The standard InChI is InChI=1S/C22H26N2O4.ClH/c25-21-17-7-1-2-8-18(17)22(26)24(21)15-6-5-11-23(12-15)13-16-14-27-19-9-3-4-10-20(19)28-16;/h3-4,9-10,15-16H,1-2,5-8,11-14H2;1H/t15-,16-;/m0./s1. The van der Waals surface area contributed by atoms with Crippen molar-refractivity contribution in [2.75, 3.05) is 26.2 Å². The lowest BCUT2D eigenvalue weighted by atomic mass is 9.93. The first-order valence-corrected chi connectivity index (χ1v) is 10.4. The summed E-state index contributed by atoms with van der Waals surface area (Å²) in [5.74, 6) is 1.52. The van der Waals surface area contributed by atoms with Gasteiger partial charge in [0.2, 0.25) is 0 Å². The monoisotopic (exact) mass is 418 g/mol. The van der Waals surface area contributed by atoms with Crippen molar-refractivity contribution in [3.63, 3.8) is 0 Å². The van der Waals surface area contributed by atoms with Crippen molar-refractivity contribution in [1.82, 2.24) is 9.80 Å². The number of piperidine rings is 1. The third-order valence-corrected chi connectivity index (χ3v) is 6.30. The number of carbonyl (C=O) groups is 2. The van der Waals surface area contributed by atoms with Crippen LogP contribution in [0.25, 0.3) is 0 Å². The summed E-state index contributed by atoms with van der Waals surface area (Å²) in [6.45, 7) is 2.95. The van der Waals surface area contributed by atoms with E-state index in [1.807, 2.05) is 24.3 Å². The predicted octanol–water partition coefficient (Wildman–Crippen LogP) is 2.95. The molecule has 0 unspecified atom stereocenters. The Hall–Kier alpha value is -2.05. The second-order valence-electron chi connectivity index (χ2n) is 8.20. The molecule has 0 spiro atoms. The minimum Gasteiger partial charge on any atom is -0.486 e. The Morgan fingerprint density at radius 3 is 2.38 bits per heavy atom. The molecule has 0 aromatic heterocycles. The molecule has 1 aliphatic carbocycles. The summed E-state index contributed by atoms with van der Waals surface area (Å²) in [4.78, 5) is 29.6. The van der Waals surface area contributed by atoms with Gasteiger partial charge in [0.05, 0.1) is 6.04 Å². The highest BCUT2D eigenvalue weighted by atomic mass is 35.5. The molecule has 1 saturated heterocycles. The maximum absolute atomic E-state index is 12.9. The molecule has 156 valence electrons. The van der Waals surface area contributed by atoms with Gasteiger partial charge in [-0.05, 0) is 57.2 Å². The van der Waals surface area contributed by atoms with Crippen molar-refractivity contribution in [1.29, 1.82) is 0 Å². The molecule has 0 bridgehead atoms. The van der Waals surface area contributed by atoms with E-state index in [9.17, 15) is 9.59 Å². The van der Waals surface area contributed by atoms with E-state index in [2.05, 4.69) is 4.90 Å². The summed E-state index contributed by atoms with van der Waals surface area (Å²) < 4.78 is 11.9. The number of fused-ring (bicyclic) bond motifs is 1. The van der Waals surface area contributed by atoms with Crippen LogP contribution in [0.1, 0.15) is 38.5 Å². The molecular formula is C22H27ClN2O4. The molecule has 5 rings (SSSR count). The van der Waals surface area contributed by atoms with E-state index < -0.39 is 0 Å². The van der Waals surface area contributed by atoms with Crippen molar-refractivity contribution in [3.8, 4) is 11.5 Å². The van der Waals surface area contributed by atoms with Crippen molar-refractivity contribution >= 4 is 24.2 Å². The molecular weight excluding hydrogens is 392 g/mol. The lowest BCUT2D eigenvalue weighted by Gasteiger charge is -2.39. The van der Waals surface area contributed by atoms with Crippen LogP contribution in [0.5, 0.6) is 11.5 Å². The lowest BCUT2D eigenvalue weighted by Crippen LogP contribution is -2.53. The molecule has 0 radical (unpaired) electrons. The van der Waals surface area contributed by atoms with Crippen molar-refractivity contribution < 1.29 is 19.1 Å². The number of nitrogens with zero attached hydrogens (tertiary/aromatic N) is 2. The molecule has 4 aliphatic rings. The fourth-order valence-electron chi connectivity index (χ4n) is 4.94. The van der Waals surface area contributed by atoms with Crippen LogP contribution in [0, 0.1) is 0 Å². The fraction of sp³-hybridized carbons (Fsp3) is 0.545. The van der Waals surface area contributed by atoms with E-state index in [1.54, 1.807) is 4.90 Å². The first kappa shape index (κ1) is 20.2. The van der Waals surface area contributed by atoms with Gasteiger partial charge in [0.25, 0.3) is 11.8 Å². The molecule has 2 amide bonds. The summed E-state index contributed by atoms with van der Waals surface area (Å²) in [7, 11) is 0. The number of ether oxygens (including phenoxy) is 2. The van der Waals surface area contributed by atoms with Crippen LogP contribution >= 0.6 is 12.4 Å². The summed E-state index contributed by atoms with van der Waals surface area (Å²) in [6.07, 6.45) is 5.39. The number of benzene rings is 1. The molecule has 3 heterocycles. The number of halogens is 1. The number of rotatable bonds is 3. The fourth-order valence-corrected chi connectivity index (χ4v) is 4.94. The number of hydrogen-bond acceptors (Lipinski definition) is 5. The second kappa shape index (κ2) is 8.36. The summed E-state index contributed by atoms with van der Waals surface area (Å²) in [5.41, 5.74) is 1.57. The lowest BCUT2D eigenvalue weighted by molar-refractivity contribution is -0.141. The second-order valence-corrected chi connectivity index (χ2v) is 8.20. The third-order valence-electron chi connectivity index (χ3n) is 6.30. The Morgan fingerprint density at radius 1 is 0.966 bits per heavy atom. The van der Waals surface area contributed by atoms with Crippen molar-refractivity contribution in [2.45, 2.75) is 50.7 Å². The predicted molar refractivity (Wildman–Crippen MR) is 110 cm³/mol. The number of carbonyl (C=O) groups excluding carboxylic acids is 2. The molecule has 0 N–H and O–H groups in total. The van der Waals surface area contributed by atoms with Crippen LogP contribution < -0.4 is 9.47 Å². The maximum Gasteiger partial charge on any atom is 0.257 e. The molecule has 1 aromatic carbocycles. The Morgan fingerprint density at radius 2 is 1.66 bits per heavy atom. The van der Waals surface area contributed by atoms with E-state index in [0.29, 0.717) is 6.61 Å². The first-order chi connectivity index (χ1) is 13.7. The van der Waals surface area contributed by atoms with Gasteiger partial charge in [-0.15, -0.1) is 12.4 Å². The van der Waals surface area contributed by atoms with E-state index in [4.69, 9.17) is 9.47 Å². The average Bonchev–Trinajstić information content (AvgIpc) is 2.99. The number of amides is 2. The van der Waals surface area contributed by atoms with Crippen LogP contribution in [-0.2, 0) is 9.59 Å². The van der Waals surface area contributed by atoms with Crippen LogP contribution in [-0.4, -0.2) is 60.0 Å². The molecule has 29 heavy (non-hydrogen) atoms. The largest absolute Gasteiger partial charge is 0.486 e. The number of likely N-dealkylation sites (tertiary alicyclic amines) is 1. The Bertz CT molecular complexity index is 812. The van der Waals surface area contributed by atoms with Crippen LogP contribution in [0.3, 0.4) is 0 Å². The number of hydrogen-bond donors (Lipinski definition) is 0. The average molecular weight is 419 g/mol. The number of imide groups is 1. The van der Waals surface area contributed by atoms with Gasteiger partial charge in [0, 0.05) is 24.2 Å². The highest BCUT2D eigenvalue weighted by Gasteiger charge is 2.43. The first-order valence-electron chi connectivity index (χ1n) is 10.4. The topological polar surface area (TPSA) is 59.1 Å². The SMILES string of the molecule is Cl.O=C1C2=C(CCCC2)C(=O)N1[C@H]1CCCN(C[C@H]2COc3ccccc3O2)C1. The third kappa shape index (κ3) is 3.76. The zero-order valence-electron chi connectivity index (χ0n) is 16.5. The molecule has 0 saturated carbocycles. The quantitative estimate of drug-likeness (QED) is 0.706. The molecule has 1 fully saturated rings. The molecule has 2 atom stereocenters. The van der Waals surface area contributed by atoms with Crippen LogP contribution in [0.2, 0.25) is 0 Å². The van der Waals surface area contributed by atoms with Crippen LogP contribution in [0.15, 0.2) is 35.4 Å². The minimum atomic E-state index is -0.0371. The summed E-state index contributed by atoms with van der Waals surface area (Å²) >= 11 is 0. The van der Waals surface area contributed by atoms with Gasteiger partial charge in [-0.25, -0.2) is 0 Å². The summed E-state index contributed by atoms with van der Waals surface area (Å²) in [6, 6.07) is 7.70.